The molecule has 2 aliphatic heterocycles. The normalized spacial score (nSPS) is 17.8. The lowest BCUT2D eigenvalue weighted by molar-refractivity contribution is 0.0629. The summed E-state index contributed by atoms with van der Waals surface area (Å²) in [5.74, 6) is 0.0134. The monoisotopic (exact) mass is 439 g/mol. The molecule has 1 amide bonds. The Kier molecular flexibility index (Phi) is 5.39. The van der Waals surface area contributed by atoms with E-state index < -0.39 is 10.0 Å². The molecule has 0 unspecified atom stereocenters. The van der Waals surface area contributed by atoms with Gasteiger partial charge in [0.1, 0.15) is 0 Å². The van der Waals surface area contributed by atoms with Gasteiger partial charge >= 0.3 is 0 Å². The number of halogens is 1. The molecule has 4 rings (SSSR count). The van der Waals surface area contributed by atoms with Gasteiger partial charge in [0.25, 0.3) is 5.91 Å². The first-order chi connectivity index (χ1) is 13.3. The predicted molar refractivity (Wildman–Crippen MR) is 113 cm³/mol. The lowest BCUT2D eigenvalue weighted by Crippen LogP contribution is -2.48. The standard InChI is InChI=1S/C19H22ClN3O3S2/c1-28(25,26)23-7-6-14-12-15(2-4-17(14)23)19(24)22-10-8-21(9-11-22)13-16-3-5-18(20)27-16/h2-5,12H,6-11,13H2,1H3. The van der Waals surface area contributed by atoms with E-state index in [0.29, 0.717) is 37.3 Å². The highest BCUT2D eigenvalue weighted by atomic mass is 35.5. The number of benzene rings is 1. The molecule has 150 valence electrons. The maximum absolute atomic E-state index is 12.9. The minimum atomic E-state index is -3.27. The zero-order valence-corrected chi connectivity index (χ0v) is 18.0. The maximum atomic E-state index is 12.9. The Bertz CT molecular complexity index is 998. The first-order valence-corrected chi connectivity index (χ1v) is 12.2. The summed E-state index contributed by atoms with van der Waals surface area (Å²) in [5, 5.41) is 0. The van der Waals surface area contributed by atoms with Crippen molar-refractivity contribution in [2.45, 2.75) is 13.0 Å². The number of hydrogen-bond acceptors (Lipinski definition) is 5. The number of fused-ring (bicyclic) bond motifs is 1. The summed E-state index contributed by atoms with van der Waals surface area (Å²) in [6.45, 7) is 4.33. The minimum Gasteiger partial charge on any atom is -0.336 e. The summed E-state index contributed by atoms with van der Waals surface area (Å²) in [7, 11) is -3.27. The van der Waals surface area contributed by atoms with Crippen LogP contribution in [0.25, 0.3) is 0 Å². The molecule has 0 aliphatic carbocycles. The predicted octanol–water partition coefficient (Wildman–Crippen LogP) is 2.68. The average Bonchev–Trinajstić information content (AvgIpc) is 3.27. The Hall–Kier alpha value is -1.61. The van der Waals surface area contributed by atoms with Gasteiger partial charge in [-0.15, -0.1) is 11.3 Å². The van der Waals surface area contributed by atoms with Crippen LogP contribution in [0.1, 0.15) is 20.8 Å². The van der Waals surface area contributed by atoms with Gasteiger partial charge in [0.05, 0.1) is 16.3 Å². The van der Waals surface area contributed by atoms with Crippen molar-refractivity contribution in [3.05, 3.63) is 50.7 Å². The molecule has 0 bridgehead atoms. The topological polar surface area (TPSA) is 60.9 Å². The van der Waals surface area contributed by atoms with E-state index in [9.17, 15) is 13.2 Å². The quantitative estimate of drug-likeness (QED) is 0.734. The van der Waals surface area contributed by atoms with Crippen LogP contribution in [0.2, 0.25) is 4.34 Å². The van der Waals surface area contributed by atoms with Crippen LogP contribution in [0.5, 0.6) is 0 Å². The fourth-order valence-corrected chi connectivity index (χ4v) is 5.89. The second kappa shape index (κ2) is 7.67. The number of amides is 1. The summed E-state index contributed by atoms with van der Waals surface area (Å²) in [6.07, 6.45) is 1.85. The molecule has 1 fully saturated rings. The number of anilines is 1. The molecule has 0 atom stereocenters. The summed E-state index contributed by atoms with van der Waals surface area (Å²) >= 11 is 7.59. The molecular weight excluding hydrogens is 418 g/mol. The Morgan fingerprint density at radius 1 is 1.11 bits per heavy atom. The third-order valence-electron chi connectivity index (χ3n) is 5.25. The lowest BCUT2D eigenvalue weighted by Gasteiger charge is -2.34. The van der Waals surface area contributed by atoms with E-state index in [1.807, 2.05) is 17.0 Å². The van der Waals surface area contributed by atoms with E-state index in [1.165, 1.54) is 15.4 Å². The van der Waals surface area contributed by atoms with Crippen LogP contribution in [0.15, 0.2) is 30.3 Å². The molecule has 1 aromatic carbocycles. The number of thiophene rings is 1. The van der Waals surface area contributed by atoms with E-state index in [1.54, 1.807) is 23.5 Å². The first-order valence-electron chi connectivity index (χ1n) is 9.18. The van der Waals surface area contributed by atoms with Crippen molar-refractivity contribution in [1.82, 2.24) is 9.80 Å². The molecule has 0 N–H and O–H groups in total. The van der Waals surface area contributed by atoms with Gasteiger partial charge in [0.2, 0.25) is 10.0 Å². The third-order valence-corrected chi connectivity index (χ3v) is 7.64. The minimum absolute atomic E-state index is 0.0134. The van der Waals surface area contributed by atoms with E-state index >= 15 is 0 Å². The van der Waals surface area contributed by atoms with Gasteiger partial charge in [-0.05, 0) is 42.3 Å². The number of piperazine rings is 1. The molecule has 2 aliphatic rings. The molecule has 0 saturated carbocycles. The van der Waals surface area contributed by atoms with Crippen LogP contribution in [0, 0.1) is 0 Å². The number of carbonyl (C=O) groups excluding carboxylic acids is 1. The van der Waals surface area contributed by atoms with Gasteiger partial charge in [0, 0.05) is 49.7 Å². The van der Waals surface area contributed by atoms with Gasteiger partial charge in [0.15, 0.2) is 0 Å². The fraction of sp³-hybridized carbons (Fsp3) is 0.421. The molecule has 28 heavy (non-hydrogen) atoms. The third kappa shape index (κ3) is 4.05. The van der Waals surface area contributed by atoms with Gasteiger partial charge in [-0.2, -0.15) is 0 Å². The summed E-state index contributed by atoms with van der Waals surface area (Å²) in [6, 6.07) is 9.32. The van der Waals surface area contributed by atoms with Crippen LogP contribution in [0.3, 0.4) is 0 Å². The van der Waals surface area contributed by atoms with E-state index in [-0.39, 0.29) is 5.91 Å². The van der Waals surface area contributed by atoms with Crippen molar-refractivity contribution in [2.24, 2.45) is 0 Å². The van der Waals surface area contributed by atoms with Crippen LogP contribution in [-0.4, -0.2) is 63.1 Å². The van der Waals surface area contributed by atoms with Gasteiger partial charge in [-0.25, -0.2) is 8.42 Å². The van der Waals surface area contributed by atoms with Crippen molar-refractivity contribution in [2.75, 3.05) is 43.3 Å². The van der Waals surface area contributed by atoms with E-state index in [4.69, 9.17) is 11.6 Å². The van der Waals surface area contributed by atoms with Crippen molar-refractivity contribution in [3.8, 4) is 0 Å². The Labute approximate surface area is 174 Å². The summed E-state index contributed by atoms with van der Waals surface area (Å²) in [5.41, 5.74) is 2.25. The lowest BCUT2D eigenvalue weighted by atomic mass is 10.1. The van der Waals surface area contributed by atoms with Crippen molar-refractivity contribution < 1.29 is 13.2 Å². The van der Waals surface area contributed by atoms with E-state index in [0.717, 1.165) is 29.5 Å². The first kappa shape index (κ1) is 19.7. The van der Waals surface area contributed by atoms with E-state index in [2.05, 4.69) is 11.0 Å². The molecule has 1 saturated heterocycles. The van der Waals surface area contributed by atoms with Crippen LogP contribution in [-0.2, 0) is 23.0 Å². The largest absolute Gasteiger partial charge is 0.336 e. The second-order valence-electron chi connectivity index (χ2n) is 7.20. The SMILES string of the molecule is CS(=O)(=O)N1CCc2cc(C(=O)N3CCN(Cc4ccc(Cl)s4)CC3)ccc21. The second-order valence-corrected chi connectivity index (χ2v) is 10.9. The zero-order valence-electron chi connectivity index (χ0n) is 15.6. The summed E-state index contributed by atoms with van der Waals surface area (Å²) in [4.78, 5) is 18.4. The van der Waals surface area contributed by atoms with Gasteiger partial charge < -0.3 is 4.90 Å². The highest BCUT2D eigenvalue weighted by Gasteiger charge is 2.28. The molecule has 0 radical (unpaired) electrons. The summed E-state index contributed by atoms with van der Waals surface area (Å²) < 4.78 is 25.9. The Balaban J connectivity index is 1.39. The maximum Gasteiger partial charge on any atom is 0.253 e. The van der Waals surface area contributed by atoms with Crippen molar-refractivity contribution in [1.29, 1.82) is 0 Å². The Morgan fingerprint density at radius 2 is 1.86 bits per heavy atom. The molecule has 2 aromatic rings. The van der Waals surface area contributed by atoms with Crippen molar-refractivity contribution in [3.63, 3.8) is 0 Å². The molecule has 9 heteroatoms. The molecule has 3 heterocycles. The fourth-order valence-electron chi connectivity index (χ4n) is 3.80. The number of hydrogen-bond donors (Lipinski definition) is 0. The molecule has 0 spiro atoms. The van der Waals surface area contributed by atoms with Crippen LogP contribution < -0.4 is 4.31 Å². The zero-order chi connectivity index (χ0) is 19.9. The van der Waals surface area contributed by atoms with Crippen LogP contribution >= 0.6 is 22.9 Å². The smallest absolute Gasteiger partial charge is 0.253 e. The van der Waals surface area contributed by atoms with Gasteiger partial charge in [-0.1, -0.05) is 11.6 Å². The number of rotatable bonds is 4. The van der Waals surface area contributed by atoms with Crippen LogP contribution in [0.4, 0.5) is 5.69 Å². The molecule has 1 aromatic heterocycles. The van der Waals surface area contributed by atoms with Gasteiger partial charge in [-0.3, -0.25) is 14.0 Å². The highest BCUT2D eigenvalue weighted by Crippen LogP contribution is 2.31. The number of sulfonamides is 1. The molecular formula is C19H22ClN3O3S2. The average molecular weight is 440 g/mol. The number of carbonyl (C=O) groups is 1. The molecule has 6 nitrogen and oxygen atoms in total. The Morgan fingerprint density at radius 3 is 2.50 bits per heavy atom. The van der Waals surface area contributed by atoms with Crippen molar-refractivity contribution >= 4 is 44.6 Å². The number of nitrogens with zero attached hydrogens (tertiary/aromatic N) is 3. The highest BCUT2D eigenvalue weighted by molar-refractivity contribution is 7.92.